The number of hydrogen-bond acceptors (Lipinski definition) is 5. The van der Waals surface area contributed by atoms with Crippen molar-refractivity contribution in [3.63, 3.8) is 0 Å². The van der Waals surface area contributed by atoms with Gasteiger partial charge in [0.1, 0.15) is 5.75 Å². The van der Waals surface area contributed by atoms with Crippen LogP contribution in [0, 0.1) is 0 Å². The Balaban J connectivity index is 1.79. The molecular formula is C21H25N3O5S. The molecule has 3 rings (SSSR count). The van der Waals surface area contributed by atoms with Crippen LogP contribution in [0.2, 0.25) is 0 Å². The Morgan fingerprint density at radius 1 is 1.10 bits per heavy atom. The first kappa shape index (κ1) is 21.8. The second-order valence-electron chi connectivity index (χ2n) is 6.68. The molecule has 0 fully saturated rings. The van der Waals surface area contributed by atoms with E-state index in [9.17, 15) is 18.0 Å². The molecule has 1 aliphatic heterocycles. The van der Waals surface area contributed by atoms with E-state index in [0.29, 0.717) is 42.3 Å². The largest absolute Gasteiger partial charge is 0.482 e. The fraction of sp³-hybridized carbons (Fsp3) is 0.333. The molecule has 0 radical (unpaired) electrons. The molecule has 8 nitrogen and oxygen atoms in total. The smallest absolute Gasteiger partial charge is 0.265 e. The lowest BCUT2D eigenvalue weighted by molar-refractivity contribution is -0.121. The molecule has 2 amide bonds. The minimum atomic E-state index is -3.58. The molecule has 0 spiro atoms. The van der Waals surface area contributed by atoms with Gasteiger partial charge in [0.25, 0.3) is 11.8 Å². The summed E-state index contributed by atoms with van der Waals surface area (Å²) in [6.07, 6.45) is 0. The number of sulfonamides is 1. The normalized spacial score (nSPS) is 13.7. The van der Waals surface area contributed by atoms with Crippen LogP contribution >= 0.6 is 0 Å². The van der Waals surface area contributed by atoms with Crippen molar-refractivity contribution < 1.29 is 22.7 Å². The molecule has 2 aromatic carbocycles. The third-order valence-electron chi connectivity index (χ3n) is 4.94. The monoisotopic (exact) mass is 431 g/mol. The zero-order valence-electron chi connectivity index (χ0n) is 17.2. The van der Waals surface area contributed by atoms with Crippen molar-refractivity contribution >= 4 is 33.2 Å². The minimum Gasteiger partial charge on any atom is -0.482 e. The topological polar surface area (TPSA) is 96.0 Å². The molecule has 30 heavy (non-hydrogen) atoms. The molecule has 160 valence electrons. The number of likely N-dealkylation sites (N-methyl/N-ethyl adjacent to an activating group) is 1. The molecule has 1 N–H and O–H groups in total. The lowest BCUT2D eigenvalue weighted by atomic mass is 10.2. The van der Waals surface area contributed by atoms with E-state index in [1.807, 2.05) is 6.92 Å². The number of nitrogens with one attached hydrogen (secondary N) is 1. The molecule has 0 aliphatic carbocycles. The van der Waals surface area contributed by atoms with E-state index in [4.69, 9.17) is 4.74 Å². The van der Waals surface area contributed by atoms with E-state index in [-0.39, 0.29) is 23.3 Å². The number of fused-ring (bicyclic) bond motifs is 1. The third kappa shape index (κ3) is 4.17. The van der Waals surface area contributed by atoms with E-state index < -0.39 is 10.0 Å². The summed E-state index contributed by atoms with van der Waals surface area (Å²) in [5.74, 6) is 0.0618. The molecule has 0 saturated carbocycles. The molecule has 1 aliphatic rings. The fourth-order valence-electron chi connectivity index (χ4n) is 3.32. The third-order valence-corrected chi connectivity index (χ3v) is 7.00. The second-order valence-corrected chi connectivity index (χ2v) is 8.61. The Bertz CT molecular complexity index is 1050. The molecule has 0 atom stereocenters. The molecule has 9 heteroatoms. The molecular weight excluding hydrogens is 406 g/mol. The summed E-state index contributed by atoms with van der Waals surface area (Å²) in [5.41, 5.74) is 1.44. The number of amides is 2. The summed E-state index contributed by atoms with van der Waals surface area (Å²) in [6.45, 7) is 6.66. The molecule has 0 unspecified atom stereocenters. The van der Waals surface area contributed by atoms with Crippen molar-refractivity contribution in [2.24, 2.45) is 0 Å². The predicted octanol–water partition coefficient (Wildman–Crippen LogP) is 2.71. The summed E-state index contributed by atoms with van der Waals surface area (Å²) in [5, 5.41) is 2.78. The Kier molecular flexibility index (Phi) is 6.42. The summed E-state index contributed by atoms with van der Waals surface area (Å²) >= 11 is 0. The van der Waals surface area contributed by atoms with Crippen LogP contribution in [0.25, 0.3) is 0 Å². The van der Waals surface area contributed by atoms with Crippen LogP contribution in [0.1, 0.15) is 31.1 Å². The molecule has 0 saturated heterocycles. The zero-order chi connectivity index (χ0) is 21.9. The van der Waals surface area contributed by atoms with E-state index in [1.165, 1.54) is 28.6 Å². The molecule has 0 aromatic heterocycles. The van der Waals surface area contributed by atoms with E-state index in [2.05, 4.69) is 5.32 Å². The standard InChI is InChI=1S/C21H25N3O5S/c1-4-23(5-2)30(27,28)17-10-7-15(8-11-17)21(26)22-16-9-12-19-18(13-16)24(6-3)20(25)14-29-19/h7-13H,4-6,14H2,1-3H3,(H,22,26). The van der Waals surface area contributed by atoms with Crippen molar-refractivity contribution in [2.75, 3.05) is 36.5 Å². The first-order valence-electron chi connectivity index (χ1n) is 9.80. The quantitative estimate of drug-likeness (QED) is 0.727. The zero-order valence-corrected chi connectivity index (χ0v) is 18.0. The van der Waals surface area contributed by atoms with Gasteiger partial charge in [0.05, 0.1) is 10.6 Å². The second kappa shape index (κ2) is 8.85. The van der Waals surface area contributed by atoms with Gasteiger partial charge in [0.2, 0.25) is 10.0 Å². The van der Waals surface area contributed by atoms with Crippen LogP contribution in [0.15, 0.2) is 47.4 Å². The van der Waals surface area contributed by atoms with Gasteiger partial charge in [-0.2, -0.15) is 4.31 Å². The molecule has 2 aromatic rings. The maximum absolute atomic E-state index is 12.6. The number of carbonyl (C=O) groups is 2. The fourth-order valence-corrected chi connectivity index (χ4v) is 4.78. The maximum Gasteiger partial charge on any atom is 0.265 e. The van der Waals surface area contributed by atoms with Gasteiger partial charge in [0.15, 0.2) is 6.61 Å². The number of anilines is 2. The van der Waals surface area contributed by atoms with Gasteiger partial charge in [-0.1, -0.05) is 13.8 Å². The number of rotatable bonds is 7. The van der Waals surface area contributed by atoms with Crippen LogP contribution in [0.5, 0.6) is 5.75 Å². The van der Waals surface area contributed by atoms with E-state index >= 15 is 0 Å². The van der Waals surface area contributed by atoms with Gasteiger partial charge in [-0.3, -0.25) is 9.59 Å². The van der Waals surface area contributed by atoms with Crippen molar-refractivity contribution in [3.8, 4) is 5.75 Å². The number of carbonyl (C=O) groups excluding carboxylic acids is 2. The van der Waals surface area contributed by atoms with Crippen LogP contribution in [0.4, 0.5) is 11.4 Å². The van der Waals surface area contributed by atoms with Crippen LogP contribution in [-0.4, -0.2) is 50.8 Å². The average molecular weight is 432 g/mol. The highest BCUT2D eigenvalue weighted by Gasteiger charge is 2.25. The van der Waals surface area contributed by atoms with E-state index in [0.717, 1.165) is 0 Å². The highest BCUT2D eigenvalue weighted by molar-refractivity contribution is 7.89. The highest BCUT2D eigenvalue weighted by atomic mass is 32.2. The Labute approximate surface area is 176 Å². The Hall–Kier alpha value is -2.91. The van der Waals surface area contributed by atoms with Gasteiger partial charge in [-0.15, -0.1) is 0 Å². The van der Waals surface area contributed by atoms with Crippen molar-refractivity contribution in [1.29, 1.82) is 0 Å². The highest BCUT2D eigenvalue weighted by Crippen LogP contribution is 2.34. The van der Waals surface area contributed by atoms with Gasteiger partial charge in [-0.25, -0.2) is 8.42 Å². The van der Waals surface area contributed by atoms with Crippen LogP contribution < -0.4 is 15.0 Å². The minimum absolute atomic E-state index is 0.00467. The van der Waals surface area contributed by atoms with Crippen molar-refractivity contribution in [1.82, 2.24) is 4.31 Å². The summed E-state index contributed by atoms with van der Waals surface area (Å²) in [7, 11) is -3.58. The first-order chi connectivity index (χ1) is 14.3. The van der Waals surface area contributed by atoms with Crippen molar-refractivity contribution in [3.05, 3.63) is 48.0 Å². The molecule has 0 bridgehead atoms. The number of nitrogens with zero attached hydrogens (tertiary/aromatic N) is 2. The maximum atomic E-state index is 12.6. The van der Waals surface area contributed by atoms with Gasteiger partial charge in [-0.05, 0) is 49.4 Å². The lowest BCUT2D eigenvalue weighted by Crippen LogP contribution is -2.38. The van der Waals surface area contributed by atoms with Gasteiger partial charge in [0, 0.05) is 30.9 Å². The summed E-state index contributed by atoms with van der Waals surface area (Å²) in [6, 6.07) is 10.9. The summed E-state index contributed by atoms with van der Waals surface area (Å²) < 4.78 is 31.9. The van der Waals surface area contributed by atoms with E-state index in [1.54, 1.807) is 36.9 Å². The number of hydrogen-bond donors (Lipinski definition) is 1. The summed E-state index contributed by atoms with van der Waals surface area (Å²) in [4.78, 5) is 26.4. The Morgan fingerprint density at radius 3 is 2.37 bits per heavy atom. The molecule has 1 heterocycles. The first-order valence-corrected chi connectivity index (χ1v) is 11.2. The average Bonchev–Trinajstić information content (AvgIpc) is 2.74. The Morgan fingerprint density at radius 2 is 1.77 bits per heavy atom. The van der Waals surface area contributed by atoms with Gasteiger partial charge >= 0.3 is 0 Å². The number of ether oxygens (including phenoxy) is 1. The van der Waals surface area contributed by atoms with Gasteiger partial charge < -0.3 is 15.0 Å². The predicted molar refractivity (Wildman–Crippen MR) is 114 cm³/mol. The van der Waals surface area contributed by atoms with Crippen molar-refractivity contribution in [2.45, 2.75) is 25.7 Å². The lowest BCUT2D eigenvalue weighted by Gasteiger charge is -2.28. The number of benzene rings is 2. The van der Waals surface area contributed by atoms with Crippen LogP contribution in [0.3, 0.4) is 0 Å². The SMILES string of the molecule is CCN1C(=O)COc2ccc(NC(=O)c3ccc(S(=O)(=O)N(CC)CC)cc3)cc21. The van der Waals surface area contributed by atoms with Crippen LogP contribution in [-0.2, 0) is 14.8 Å².